The highest BCUT2D eigenvalue weighted by molar-refractivity contribution is 5.91. The van der Waals surface area contributed by atoms with E-state index < -0.39 is 11.7 Å². The van der Waals surface area contributed by atoms with Crippen LogP contribution in [-0.2, 0) is 6.18 Å². The van der Waals surface area contributed by atoms with Crippen LogP contribution in [0.15, 0.2) is 42.5 Å². The molecule has 3 heterocycles. The number of fused-ring (bicyclic) bond motifs is 1. The third kappa shape index (κ3) is 3.99. The number of anilines is 2. The van der Waals surface area contributed by atoms with Crippen molar-refractivity contribution in [3.05, 3.63) is 53.6 Å². The maximum Gasteiger partial charge on any atom is 0.416 e. The molecule has 2 aliphatic rings. The number of rotatable bonds is 4. The highest BCUT2D eigenvalue weighted by atomic mass is 35.5. The lowest BCUT2D eigenvalue weighted by Crippen LogP contribution is -2.71. The van der Waals surface area contributed by atoms with Crippen LogP contribution in [-0.4, -0.2) is 41.6 Å². The summed E-state index contributed by atoms with van der Waals surface area (Å²) in [4.78, 5) is 2.32. The normalized spacial score (nSPS) is 18.1. The number of halogens is 4. The predicted molar refractivity (Wildman–Crippen MR) is 116 cm³/mol. The molecule has 2 aliphatic heterocycles. The van der Waals surface area contributed by atoms with Crippen molar-refractivity contribution in [2.24, 2.45) is 5.41 Å². The molecule has 2 N–H and O–H groups in total. The van der Waals surface area contributed by atoms with Gasteiger partial charge in [-0.15, -0.1) is 22.6 Å². The molecule has 2 aromatic carbocycles. The largest absolute Gasteiger partial charge is 0.416 e. The molecule has 1 atom stereocenters. The van der Waals surface area contributed by atoms with Crippen molar-refractivity contribution in [3.63, 3.8) is 0 Å². The molecule has 6 nitrogen and oxygen atoms in total. The van der Waals surface area contributed by atoms with Crippen molar-refractivity contribution in [1.29, 1.82) is 0 Å². The number of benzene rings is 2. The van der Waals surface area contributed by atoms with Gasteiger partial charge < -0.3 is 15.5 Å². The minimum Gasteiger partial charge on any atom is -0.370 e. The Morgan fingerprint density at radius 3 is 2.55 bits per heavy atom. The van der Waals surface area contributed by atoms with Gasteiger partial charge in [-0.3, -0.25) is 0 Å². The lowest BCUT2D eigenvalue weighted by Gasteiger charge is -2.57. The summed E-state index contributed by atoms with van der Waals surface area (Å²) in [5.74, 6) is 0.507. The molecular weight excluding hydrogens is 429 g/mol. The van der Waals surface area contributed by atoms with Crippen molar-refractivity contribution >= 4 is 34.8 Å². The maximum absolute atomic E-state index is 13.1. The van der Waals surface area contributed by atoms with Gasteiger partial charge in [0.05, 0.1) is 17.1 Å². The Hall–Kier alpha value is -2.65. The molecule has 0 amide bonds. The third-order valence-electron chi connectivity index (χ3n) is 6.02. The Labute approximate surface area is 183 Å². The molecule has 0 radical (unpaired) electrons. The second kappa shape index (κ2) is 7.80. The standard InChI is InChI=1S/C21H21F3N6.ClH/c1-13(14-3-2-4-15(7-14)21(22,23)24)26-19-17-8-16(5-6-18(17)27-29-28-19)30-11-20(12-30)9-25-10-20;/h2-8,13,25H,9-12H2,1H3,(H,26,27,28);1H/t13-;/m1./s1. The van der Waals surface area contributed by atoms with Crippen LogP contribution in [0, 0.1) is 5.41 Å². The molecular formula is C21H22ClF3N6. The van der Waals surface area contributed by atoms with Crippen LogP contribution >= 0.6 is 12.4 Å². The van der Waals surface area contributed by atoms with E-state index in [0.29, 0.717) is 22.3 Å². The summed E-state index contributed by atoms with van der Waals surface area (Å²) in [5.41, 5.74) is 2.04. The first-order valence-electron chi connectivity index (χ1n) is 9.86. The van der Waals surface area contributed by atoms with E-state index in [-0.39, 0.29) is 18.4 Å². The van der Waals surface area contributed by atoms with E-state index in [2.05, 4.69) is 30.9 Å². The fourth-order valence-corrected chi connectivity index (χ4v) is 4.19. The first-order chi connectivity index (χ1) is 14.3. The molecule has 0 aliphatic carbocycles. The molecule has 0 saturated carbocycles. The summed E-state index contributed by atoms with van der Waals surface area (Å²) in [6, 6.07) is 10.9. The predicted octanol–water partition coefficient (Wildman–Crippen LogP) is 4.05. The van der Waals surface area contributed by atoms with Crippen molar-refractivity contribution < 1.29 is 13.2 Å². The first-order valence-corrected chi connectivity index (χ1v) is 9.86. The van der Waals surface area contributed by atoms with Gasteiger partial charge in [0, 0.05) is 42.7 Å². The summed E-state index contributed by atoms with van der Waals surface area (Å²) in [7, 11) is 0. The average molecular weight is 451 g/mol. The minimum absolute atomic E-state index is 0. The average Bonchev–Trinajstić information content (AvgIpc) is 2.65. The van der Waals surface area contributed by atoms with Crippen molar-refractivity contribution in [2.75, 3.05) is 36.4 Å². The molecule has 2 fully saturated rings. The molecule has 31 heavy (non-hydrogen) atoms. The summed E-state index contributed by atoms with van der Waals surface area (Å²) < 4.78 is 39.2. The van der Waals surface area contributed by atoms with Crippen LogP contribution in [0.3, 0.4) is 0 Å². The van der Waals surface area contributed by atoms with Crippen LogP contribution in [0.5, 0.6) is 0 Å². The molecule has 5 rings (SSSR count). The van der Waals surface area contributed by atoms with E-state index >= 15 is 0 Å². The minimum atomic E-state index is -4.38. The highest BCUT2D eigenvalue weighted by Crippen LogP contribution is 2.39. The van der Waals surface area contributed by atoms with E-state index in [1.807, 2.05) is 18.2 Å². The molecule has 2 saturated heterocycles. The van der Waals surface area contributed by atoms with E-state index in [4.69, 9.17) is 0 Å². The monoisotopic (exact) mass is 450 g/mol. The van der Waals surface area contributed by atoms with Crippen molar-refractivity contribution in [1.82, 2.24) is 20.7 Å². The SMILES string of the molecule is C[C@@H](Nc1nnnc2ccc(N3CC4(CNC4)C3)cc12)c1cccc(C(F)(F)F)c1.Cl. The van der Waals surface area contributed by atoms with E-state index in [9.17, 15) is 13.2 Å². The zero-order valence-corrected chi connectivity index (χ0v) is 17.6. The smallest absolute Gasteiger partial charge is 0.370 e. The lowest BCUT2D eigenvalue weighted by atomic mass is 9.74. The summed E-state index contributed by atoms with van der Waals surface area (Å²) in [6.45, 7) is 5.95. The quantitative estimate of drug-likeness (QED) is 0.625. The summed E-state index contributed by atoms with van der Waals surface area (Å²) in [5, 5.41) is 19.4. The molecule has 164 valence electrons. The second-order valence-electron chi connectivity index (χ2n) is 8.29. The fraction of sp³-hybridized carbons (Fsp3) is 0.381. The van der Waals surface area contributed by atoms with E-state index in [1.165, 1.54) is 6.07 Å². The second-order valence-corrected chi connectivity index (χ2v) is 8.29. The summed E-state index contributed by atoms with van der Waals surface area (Å²) >= 11 is 0. The number of nitrogens with one attached hydrogen (secondary N) is 2. The van der Waals surface area contributed by atoms with Gasteiger partial charge >= 0.3 is 6.18 Å². The molecule has 10 heteroatoms. The summed E-state index contributed by atoms with van der Waals surface area (Å²) in [6.07, 6.45) is -4.38. The number of hydrogen-bond donors (Lipinski definition) is 2. The Bertz CT molecular complexity index is 1090. The number of alkyl halides is 3. The van der Waals surface area contributed by atoms with Gasteiger partial charge in [-0.05, 0) is 48.0 Å². The van der Waals surface area contributed by atoms with E-state index in [1.54, 1.807) is 13.0 Å². The van der Waals surface area contributed by atoms with Crippen molar-refractivity contribution in [3.8, 4) is 0 Å². The fourth-order valence-electron chi connectivity index (χ4n) is 4.19. The van der Waals surface area contributed by atoms with Crippen LogP contribution in [0.1, 0.15) is 24.1 Å². The highest BCUT2D eigenvalue weighted by Gasteiger charge is 2.47. The third-order valence-corrected chi connectivity index (χ3v) is 6.02. The van der Waals surface area contributed by atoms with Gasteiger partial charge in [0.1, 0.15) is 0 Å². The van der Waals surface area contributed by atoms with Gasteiger partial charge in [-0.2, -0.15) is 13.2 Å². The number of aromatic nitrogens is 3. The van der Waals surface area contributed by atoms with Crippen LogP contribution < -0.4 is 15.5 Å². The molecule has 3 aromatic rings. The Kier molecular flexibility index (Phi) is 5.43. The Balaban J connectivity index is 0.00000231. The number of nitrogens with zero attached hydrogens (tertiary/aromatic N) is 4. The van der Waals surface area contributed by atoms with Gasteiger partial charge in [-0.25, -0.2) is 0 Å². The Morgan fingerprint density at radius 1 is 1.10 bits per heavy atom. The van der Waals surface area contributed by atoms with E-state index in [0.717, 1.165) is 49.4 Å². The number of hydrogen-bond acceptors (Lipinski definition) is 6. The van der Waals surface area contributed by atoms with Crippen LogP contribution in [0.25, 0.3) is 10.9 Å². The van der Waals surface area contributed by atoms with Gasteiger partial charge in [0.15, 0.2) is 5.82 Å². The molecule has 1 aromatic heterocycles. The van der Waals surface area contributed by atoms with Crippen LogP contribution in [0.4, 0.5) is 24.7 Å². The maximum atomic E-state index is 13.1. The zero-order chi connectivity index (χ0) is 20.9. The topological polar surface area (TPSA) is 66.0 Å². The molecule has 1 spiro atoms. The lowest BCUT2D eigenvalue weighted by molar-refractivity contribution is -0.137. The zero-order valence-electron chi connectivity index (χ0n) is 16.8. The molecule has 0 bridgehead atoms. The van der Waals surface area contributed by atoms with Gasteiger partial charge in [-0.1, -0.05) is 12.1 Å². The Morgan fingerprint density at radius 2 is 1.87 bits per heavy atom. The van der Waals surface area contributed by atoms with Crippen molar-refractivity contribution in [2.45, 2.75) is 19.1 Å². The van der Waals surface area contributed by atoms with Crippen LogP contribution in [0.2, 0.25) is 0 Å². The van der Waals surface area contributed by atoms with Gasteiger partial charge in [0.25, 0.3) is 0 Å². The van der Waals surface area contributed by atoms with Gasteiger partial charge in [0.2, 0.25) is 0 Å². The first kappa shape index (κ1) is 21.6. The molecule has 0 unspecified atom stereocenters.